The molecule has 0 radical (unpaired) electrons. The summed E-state index contributed by atoms with van der Waals surface area (Å²) in [6.07, 6.45) is 0.992. The molecule has 22 heavy (non-hydrogen) atoms. The Bertz CT molecular complexity index is 809. The molecule has 3 N–H and O–H groups in total. The van der Waals surface area contributed by atoms with Gasteiger partial charge in [0.15, 0.2) is 0 Å². The minimum Gasteiger partial charge on any atom is -0.370 e. The molecule has 1 amide bonds. The van der Waals surface area contributed by atoms with Crippen LogP contribution >= 0.6 is 11.8 Å². The van der Waals surface area contributed by atoms with Crippen molar-refractivity contribution in [3.63, 3.8) is 0 Å². The number of fused-ring (bicyclic) bond motifs is 1. The van der Waals surface area contributed by atoms with Gasteiger partial charge in [-0.15, -0.1) is 0 Å². The van der Waals surface area contributed by atoms with Crippen LogP contribution in [0.2, 0.25) is 0 Å². The lowest BCUT2D eigenvalue weighted by molar-refractivity contribution is -0.118. The van der Waals surface area contributed by atoms with Crippen molar-refractivity contribution in [1.82, 2.24) is 4.98 Å². The highest BCUT2D eigenvalue weighted by atomic mass is 32.2. The summed E-state index contributed by atoms with van der Waals surface area (Å²) in [5.41, 5.74) is 8.70. The van der Waals surface area contributed by atoms with Gasteiger partial charge in [-0.2, -0.15) is 0 Å². The number of H-pyrrole nitrogens is 1. The number of aromatic nitrogens is 1. The summed E-state index contributed by atoms with van der Waals surface area (Å²) in [6.45, 7) is 2.08. The minimum atomic E-state index is -0.273. The number of nitrogens with two attached hydrogens (primary N) is 1. The Hall–Kier alpha value is -2.20. The molecule has 0 saturated heterocycles. The second kappa shape index (κ2) is 6.28. The maximum absolute atomic E-state index is 11.1. The summed E-state index contributed by atoms with van der Waals surface area (Å²) in [6, 6.07) is 16.7. The second-order valence-electron chi connectivity index (χ2n) is 5.36. The molecule has 0 aliphatic carbocycles. The number of aryl methyl sites for hydroxylation is 2. The van der Waals surface area contributed by atoms with Crippen molar-refractivity contribution in [1.29, 1.82) is 0 Å². The number of aromatic amines is 1. The topological polar surface area (TPSA) is 58.9 Å². The Morgan fingerprint density at radius 3 is 2.68 bits per heavy atom. The fourth-order valence-corrected chi connectivity index (χ4v) is 3.58. The Morgan fingerprint density at radius 2 is 1.95 bits per heavy atom. The average Bonchev–Trinajstić information content (AvgIpc) is 2.83. The molecule has 1 aromatic heterocycles. The molecule has 1 heterocycles. The van der Waals surface area contributed by atoms with Gasteiger partial charge in [0, 0.05) is 32.8 Å². The van der Waals surface area contributed by atoms with Gasteiger partial charge in [-0.25, -0.2) is 0 Å². The van der Waals surface area contributed by atoms with E-state index < -0.39 is 0 Å². The number of benzene rings is 2. The number of carbonyl (C=O) groups excluding carboxylic acids is 1. The summed E-state index contributed by atoms with van der Waals surface area (Å²) in [5.74, 6) is -0.273. The first-order valence-electron chi connectivity index (χ1n) is 7.26. The van der Waals surface area contributed by atoms with Crippen LogP contribution in [0.1, 0.15) is 17.7 Å². The highest BCUT2D eigenvalue weighted by Gasteiger charge is 2.13. The molecule has 3 rings (SSSR count). The predicted molar refractivity (Wildman–Crippen MR) is 91.1 cm³/mol. The van der Waals surface area contributed by atoms with Crippen molar-refractivity contribution in [2.24, 2.45) is 5.73 Å². The first-order chi connectivity index (χ1) is 10.6. The van der Waals surface area contributed by atoms with Crippen molar-refractivity contribution in [3.8, 4) is 0 Å². The Morgan fingerprint density at radius 1 is 1.18 bits per heavy atom. The van der Waals surface area contributed by atoms with E-state index in [1.54, 1.807) is 11.8 Å². The maximum Gasteiger partial charge on any atom is 0.217 e. The van der Waals surface area contributed by atoms with Gasteiger partial charge in [0.05, 0.1) is 0 Å². The van der Waals surface area contributed by atoms with Crippen LogP contribution in [-0.2, 0) is 11.2 Å². The summed E-state index contributed by atoms with van der Waals surface area (Å²) in [5, 5.41) is 1.19. The number of rotatable bonds is 5. The number of hydrogen-bond acceptors (Lipinski definition) is 2. The molecule has 4 heteroatoms. The zero-order valence-electron chi connectivity index (χ0n) is 12.4. The molecule has 3 nitrogen and oxygen atoms in total. The summed E-state index contributed by atoms with van der Waals surface area (Å²) in [7, 11) is 0. The normalized spacial score (nSPS) is 11.0. The molecule has 0 atom stereocenters. The summed E-state index contributed by atoms with van der Waals surface area (Å²) in [4.78, 5) is 16.9. The number of hydrogen-bond donors (Lipinski definition) is 2. The van der Waals surface area contributed by atoms with E-state index in [4.69, 9.17) is 5.73 Å². The van der Waals surface area contributed by atoms with Crippen molar-refractivity contribution >= 4 is 28.6 Å². The van der Waals surface area contributed by atoms with Crippen LogP contribution in [0.25, 0.3) is 10.9 Å². The molecule has 0 saturated carbocycles. The molecule has 0 aliphatic rings. The molecule has 0 bridgehead atoms. The SMILES string of the molecule is Cc1ccc2c(Sc3ccccc3)c(CCC(N)=O)[nH]c2c1. The van der Waals surface area contributed by atoms with Crippen LogP contribution in [0.15, 0.2) is 58.3 Å². The third-order valence-electron chi connectivity index (χ3n) is 3.56. The molecule has 0 spiro atoms. The van der Waals surface area contributed by atoms with E-state index in [0.717, 1.165) is 11.2 Å². The molecule has 0 unspecified atom stereocenters. The number of amides is 1. The first-order valence-corrected chi connectivity index (χ1v) is 8.07. The molecule has 0 aliphatic heterocycles. The van der Waals surface area contributed by atoms with Gasteiger partial charge >= 0.3 is 0 Å². The van der Waals surface area contributed by atoms with E-state index in [2.05, 4.69) is 42.2 Å². The zero-order chi connectivity index (χ0) is 15.5. The highest BCUT2D eigenvalue weighted by molar-refractivity contribution is 7.99. The van der Waals surface area contributed by atoms with Gasteiger partial charge in [0.25, 0.3) is 0 Å². The van der Waals surface area contributed by atoms with Crippen molar-refractivity contribution in [2.45, 2.75) is 29.6 Å². The number of nitrogens with one attached hydrogen (secondary N) is 1. The standard InChI is InChI=1S/C18H18N2OS/c1-12-7-8-14-16(11-12)20-15(9-10-17(19)21)18(14)22-13-5-3-2-4-6-13/h2-8,11,20H,9-10H2,1H3,(H2,19,21). The van der Waals surface area contributed by atoms with E-state index in [1.807, 2.05) is 18.2 Å². The number of primary amides is 1. The number of carbonyl (C=O) groups is 1. The lowest BCUT2D eigenvalue weighted by Crippen LogP contribution is -2.11. The van der Waals surface area contributed by atoms with Crippen LogP contribution in [0, 0.1) is 6.92 Å². The Labute approximate surface area is 133 Å². The third kappa shape index (κ3) is 3.17. The summed E-state index contributed by atoms with van der Waals surface area (Å²) < 4.78 is 0. The predicted octanol–water partition coefficient (Wildman–Crippen LogP) is 4.05. The van der Waals surface area contributed by atoms with Crippen molar-refractivity contribution in [2.75, 3.05) is 0 Å². The highest BCUT2D eigenvalue weighted by Crippen LogP contribution is 2.37. The zero-order valence-corrected chi connectivity index (χ0v) is 13.2. The van der Waals surface area contributed by atoms with E-state index in [1.165, 1.54) is 20.7 Å². The first kappa shape index (κ1) is 14.7. The van der Waals surface area contributed by atoms with Gasteiger partial charge in [-0.1, -0.05) is 42.1 Å². The minimum absolute atomic E-state index is 0.273. The molecule has 2 aromatic carbocycles. The van der Waals surface area contributed by atoms with Gasteiger partial charge in [0.2, 0.25) is 5.91 Å². The van der Waals surface area contributed by atoms with Gasteiger partial charge in [0.1, 0.15) is 0 Å². The Kier molecular flexibility index (Phi) is 4.20. The summed E-state index contributed by atoms with van der Waals surface area (Å²) >= 11 is 1.72. The lowest BCUT2D eigenvalue weighted by Gasteiger charge is -2.04. The monoisotopic (exact) mass is 310 g/mol. The second-order valence-corrected chi connectivity index (χ2v) is 6.45. The lowest BCUT2D eigenvalue weighted by atomic mass is 10.2. The Balaban J connectivity index is 2.03. The molecule has 112 valence electrons. The molecular formula is C18H18N2OS. The van der Waals surface area contributed by atoms with Gasteiger partial charge in [-0.3, -0.25) is 4.79 Å². The molecule has 3 aromatic rings. The van der Waals surface area contributed by atoms with Gasteiger partial charge in [-0.05, 0) is 37.1 Å². The van der Waals surface area contributed by atoms with Crippen LogP contribution in [-0.4, -0.2) is 10.9 Å². The van der Waals surface area contributed by atoms with Crippen LogP contribution < -0.4 is 5.73 Å². The smallest absolute Gasteiger partial charge is 0.217 e. The van der Waals surface area contributed by atoms with Gasteiger partial charge < -0.3 is 10.7 Å². The molecular weight excluding hydrogens is 292 g/mol. The van der Waals surface area contributed by atoms with E-state index in [9.17, 15) is 4.79 Å². The van der Waals surface area contributed by atoms with E-state index in [0.29, 0.717) is 12.8 Å². The average molecular weight is 310 g/mol. The fourth-order valence-electron chi connectivity index (χ4n) is 2.49. The van der Waals surface area contributed by atoms with E-state index >= 15 is 0 Å². The van der Waals surface area contributed by atoms with Crippen molar-refractivity contribution in [3.05, 3.63) is 59.8 Å². The molecule has 0 fully saturated rings. The van der Waals surface area contributed by atoms with Crippen LogP contribution in [0.4, 0.5) is 0 Å². The fraction of sp³-hybridized carbons (Fsp3) is 0.167. The van der Waals surface area contributed by atoms with Crippen molar-refractivity contribution < 1.29 is 4.79 Å². The largest absolute Gasteiger partial charge is 0.370 e. The van der Waals surface area contributed by atoms with E-state index in [-0.39, 0.29) is 5.91 Å². The maximum atomic E-state index is 11.1. The third-order valence-corrected chi connectivity index (χ3v) is 4.74. The quantitative estimate of drug-likeness (QED) is 0.747. The van der Waals surface area contributed by atoms with Crippen LogP contribution in [0.5, 0.6) is 0 Å². The van der Waals surface area contributed by atoms with Crippen LogP contribution in [0.3, 0.4) is 0 Å².